The molecule has 0 spiro atoms. The maximum absolute atomic E-state index is 12.4. The molecule has 1 fully saturated rings. The Hall–Kier alpha value is -0.860. The van der Waals surface area contributed by atoms with Crippen LogP contribution in [0.4, 0.5) is 0 Å². The van der Waals surface area contributed by atoms with Crippen LogP contribution in [-0.4, -0.2) is 16.9 Å². The Morgan fingerprint density at radius 3 is 2.25 bits per heavy atom. The van der Waals surface area contributed by atoms with E-state index < -0.39 is 5.97 Å². The summed E-state index contributed by atoms with van der Waals surface area (Å²) in [6.07, 6.45) is 12.2. The van der Waals surface area contributed by atoms with Crippen molar-refractivity contribution in [3.63, 3.8) is 0 Å². The molecule has 0 aromatic rings. The van der Waals surface area contributed by atoms with Crippen molar-refractivity contribution < 1.29 is 14.7 Å². The fourth-order valence-electron chi connectivity index (χ4n) is 3.22. The van der Waals surface area contributed by atoms with Crippen molar-refractivity contribution in [1.82, 2.24) is 0 Å². The van der Waals surface area contributed by atoms with E-state index >= 15 is 0 Å². The molecule has 0 amide bonds. The van der Waals surface area contributed by atoms with Crippen molar-refractivity contribution in [2.24, 2.45) is 11.8 Å². The van der Waals surface area contributed by atoms with Crippen molar-refractivity contribution in [2.75, 3.05) is 0 Å². The molecule has 0 aromatic heterocycles. The van der Waals surface area contributed by atoms with E-state index in [-0.39, 0.29) is 18.3 Å². The van der Waals surface area contributed by atoms with E-state index in [0.717, 1.165) is 19.3 Å². The molecule has 1 saturated carbocycles. The largest absolute Gasteiger partial charge is 0.481 e. The van der Waals surface area contributed by atoms with Crippen LogP contribution in [0, 0.1) is 11.8 Å². The predicted molar refractivity (Wildman–Crippen MR) is 80.7 cm³/mol. The standard InChI is InChI=1S/C17H30O3/c1-14(12-13-17(19)20)15-10-8-6-4-2-3-5-7-9-11-16(15)18/h14-15H,2-13H2,1H3,(H,19,20). The molecule has 0 aliphatic heterocycles. The fourth-order valence-corrected chi connectivity index (χ4v) is 3.22. The Morgan fingerprint density at radius 1 is 1.10 bits per heavy atom. The van der Waals surface area contributed by atoms with Crippen LogP contribution in [0.25, 0.3) is 0 Å². The molecule has 1 rings (SSSR count). The minimum atomic E-state index is -0.752. The first kappa shape index (κ1) is 17.2. The van der Waals surface area contributed by atoms with Gasteiger partial charge < -0.3 is 5.11 Å². The summed E-state index contributed by atoms with van der Waals surface area (Å²) in [5.74, 6) is -0.0729. The van der Waals surface area contributed by atoms with Crippen LogP contribution >= 0.6 is 0 Å². The van der Waals surface area contributed by atoms with Crippen molar-refractivity contribution in [1.29, 1.82) is 0 Å². The summed E-state index contributed by atoms with van der Waals surface area (Å²) >= 11 is 0. The molecule has 20 heavy (non-hydrogen) atoms. The zero-order chi connectivity index (χ0) is 14.8. The van der Waals surface area contributed by atoms with Gasteiger partial charge in [0.05, 0.1) is 0 Å². The smallest absolute Gasteiger partial charge is 0.303 e. The van der Waals surface area contributed by atoms with Gasteiger partial charge in [0.15, 0.2) is 0 Å². The van der Waals surface area contributed by atoms with Gasteiger partial charge in [-0.25, -0.2) is 0 Å². The molecule has 0 radical (unpaired) electrons. The molecule has 0 aromatic carbocycles. The summed E-state index contributed by atoms with van der Waals surface area (Å²) in [5.41, 5.74) is 0. The predicted octanol–water partition coefficient (Wildman–Crippen LogP) is 4.59. The number of ketones is 1. The van der Waals surface area contributed by atoms with E-state index in [0.29, 0.717) is 18.6 Å². The summed E-state index contributed by atoms with van der Waals surface area (Å²) in [5, 5.41) is 8.79. The highest BCUT2D eigenvalue weighted by atomic mass is 16.4. The highest BCUT2D eigenvalue weighted by Gasteiger charge is 2.24. The molecule has 116 valence electrons. The van der Waals surface area contributed by atoms with Crippen LogP contribution in [0.2, 0.25) is 0 Å². The summed E-state index contributed by atoms with van der Waals surface area (Å²) in [4.78, 5) is 23.1. The van der Waals surface area contributed by atoms with E-state index in [2.05, 4.69) is 6.92 Å². The van der Waals surface area contributed by atoms with Crippen LogP contribution in [0.1, 0.15) is 84.0 Å². The molecule has 1 aliphatic carbocycles. The number of carbonyl (C=O) groups excluding carboxylic acids is 1. The third-order valence-electron chi connectivity index (χ3n) is 4.60. The quantitative estimate of drug-likeness (QED) is 0.820. The first-order chi connectivity index (χ1) is 9.61. The van der Waals surface area contributed by atoms with Gasteiger partial charge in [-0.3, -0.25) is 9.59 Å². The zero-order valence-corrected chi connectivity index (χ0v) is 12.9. The number of carboxylic acid groups (broad SMARTS) is 1. The third-order valence-corrected chi connectivity index (χ3v) is 4.60. The van der Waals surface area contributed by atoms with Crippen molar-refractivity contribution in [3.8, 4) is 0 Å². The fraction of sp³-hybridized carbons (Fsp3) is 0.882. The van der Waals surface area contributed by atoms with Gasteiger partial charge in [-0.2, -0.15) is 0 Å². The van der Waals surface area contributed by atoms with Crippen molar-refractivity contribution in [2.45, 2.75) is 84.0 Å². The monoisotopic (exact) mass is 282 g/mol. The Kier molecular flexibility index (Phi) is 8.56. The Balaban J connectivity index is 2.51. The number of rotatable bonds is 4. The number of aliphatic carboxylic acids is 1. The van der Waals surface area contributed by atoms with Crippen molar-refractivity contribution >= 4 is 11.8 Å². The van der Waals surface area contributed by atoms with Gasteiger partial charge in [0.1, 0.15) is 5.78 Å². The van der Waals surface area contributed by atoms with E-state index in [1.165, 1.54) is 38.5 Å². The molecule has 0 bridgehead atoms. The second kappa shape index (κ2) is 9.95. The second-order valence-electron chi connectivity index (χ2n) is 6.35. The molecule has 3 nitrogen and oxygen atoms in total. The minimum Gasteiger partial charge on any atom is -0.481 e. The lowest BCUT2D eigenvalue weighted by atomic mass is 9.81. The summed E-state index contributed by atoms with van der Waals surface area (Å²) < 4.78 is 0. The molecule has 2 atom stereocenters. The first-order valence-electron chi connectivity index (χ1n) is 8.35. The van der Waals surface area contributed by atoms with Crippen molar-refractivity contribution in [3.05, 3.63) is 0 Å². The summed E-state index contributed by atoms with van der Waals surface area (Å²) in [7, 11) is 0. The Morgan fingerprint density at radius 2 is 1.65 bits per heavy atom. The third kappa shape index (κ3) is 7.06. The number of carbonyl (C=O) groups is 2. The topological polar surface area (TPSA) is 54.4 Å². The lowest BCUT2D eigenvalue weighted by molar-refractivity contribution is -0.138. The minimum absolute atomic E-state index is 0.0915. The molecular formula is C17H30O3. The van der Waals surface area contributed by atoms with E-state index in [9.17, 15) is 9.59 Å². The van der Waals surface area contributed by atoms with Crippen LogP contribution in [0.15, 0.2) is 0 Å². The van der Waals surface area contributed by atoms with Crippen LogP contribution in [0.5, 0.6) is 0 Å². The summed E-state index contributed by atoms with van der Waals surface area (Å²) in [6, 6.07) is 0. The Labute approximate surface area is 123 Å². The van der Waals surface area contributed by atoms with Gasteiger partial charge >= 0.3 is 5.97 Å². The van der Waals surface area contributed by atoms with E-state index in [4.69, 9.17) is 5.11 Å². The molecule has 1 N–H and O–H groups in total. The Bertz CT molecular complexity index is 299. The molecule has 0 heterocycles. The normalized spacial score (nSPS) is 24.4. The van der Waals surface area contributed by atoms with Gasteiger partial charge in [-0.15, -0.1) is 0 Å². The lowest BCUT2D eigenvalue weighted by Crippen LogP contribution is -2.23. The van der Waals surface area contributed by atoms with Crippen LogP contribution in [-0.2, 0) is 9.59 Å². The second-order valence-corrected chi connectivity index (χ2v) is 6.35. The van der Waals surface area contributed by atoms with Gasteiger partial charge in [0.25, 0.3) is 0 Å². The number of hydrogen-bond acceptors (Lipinski definition) is 2. The molecule has 1 aliphatic rings. The van der Waals surface area contributed by atoms with E-state index in [1.54, 1.807) is 0 Å². The average Bonchev–Trinajstić information content (AvgIpc) is 2.40. The summed E-state index contributed by atoms with van der Waals surface area (Å²) in [6.45, 7) is 2.05. The molecular weight excluding hydrogens is 252 g/mol. The number of hydrogen-bond donors (Lipinski definition) is 1. The number of Topliss-reactive ketones (excluding diaryl/α,β-unsaturated/α-hetero) is 1. The SMILES string of the molecule is CC(CCC(=O)O)C1CCCCCCCCCCC1=O. The van der Waals surface area contributed by atoms with Crippen LogP contribution < -0.4 is 0 Å². The maximum atomic E-state index is 12.4. The van der Waals surface area contributed by atoms with Gasteiger partial charge in [-0.1, -0.05) is 51.9 Å². The highest BCUT2D eigenvalue weighted by Crippen LogP contribution is 2.27. The molecule has 2 unspecified atom stereocenters. The highest BCUT2D eigenvalue weighted by molar-refractivity contribution is 5.81. The lowest BCUT2D eigenvalue weighted by Gasteiger charge is -2.23. The average molecular weight is 282 g/mol. The maximum Gasteiger partial charge on any atom is 0.303 e. The molecule has 0 saturated heterocycles. The van der Waals surface area contributed by atoms with Gasteiger partial charge in [0.2, 0.25) is 0 Å². The zero-order valence-electron chi connectivity index (χ0n) is 12.9. The number of carboxylic acids is 1. The van der Waals surface area contributed by atoms with Gasteiger partial charge in [0, 0.05) is 18.8 Å². The van der Waals surface area contributed by atoms with Crippen LogP contribution in [0.3, 0.4) is 0 Å². The molecule has 3 heteroatoms. The first-order valence-corrected chi connectivity index (χ1v) is 8.35. The van der Waals surface area contributed by atoms with Gasteiger partial charge in [-0.05, 0) is 25.2 Å². The van der Waals surface area contributed by atoms with E-state index in [1.807, 2.05) is 0 Å².